The number of alkyl halides is 2. The SMILES string of the molecule is CN(CC(F)F)c1cccc(C(N)=NO)c1. The molecule has 6 heteroatoms. The van der Waals surface area contributed by atoms with Crippen molar-refractivity contribution in [3.05, 3.63) is 29.8 Å². The van der Waals surface area contributed by atoms with Crippen molar-refractivity contribution in [3.63, 3.8) is 0 Å². The normalized spacial score (nSPS) is 11.9. The highest BCUT2D eigenvalue weighted by Gasteiger charge is 2.09. The van der Waals surface area contributed by atoms with E-state index in [1.54, 1.807) is 31.3 Å². The highest BCUT2D eigenvalue weighted by Crippen LogP contribution is 2.15. The summed E-state index contributed by atoms with van der Waals surface area (Å²) in [4.78, 5) is 1.40. The monoisotopic (exact) mass is 229 g/mol. The van der Waals surface area contributed by atoms with Gasteiger partial charge < -0.3 is 15.8 Å². The predicted molar refractivity (Wildman–Crippen MR) is 58.2 cm³/mol. The maximum Gasteiger partial charge on any atom is 0.255 e. The second-order valence-corrected chi connectivity index (χ2v) is 3.31. The molecule has 0 saturated heterocycles. The van der Waals surface area contributed by atoms with Gasteiger partial charge in [0.25, 0.3) is 6.43 Å². The number of hydrogen-bond acceptors (Lipinski definition) is 3. The predicted octanol–water partition coefficient (Wildman–Crippen LogP) is 1.48. The summed E-state index contributed by atoms with van der Waals surface area (Å²) in [6.45, 7) is -0.361. The molecular formula is C10H13F2N3O. The van der Waals surface area contributed by atoms with Crippen LogP contribution in [-0.2, 0) is 0 Å². The van der Waals surface area contributed by atoms with Gasteiger partial charge in [0.2, 0.25) is 0 Å². The number of halogens is 2. The van der Waals surface area contributed by atoms with Crippen LogP contribution in [0.4, 0.5) is 14.5 Å². The summed E-state index contributed by atoms with van der Waals surface area (Å²) in [7, 11) is 1.55. The summed E-state index contributed by atoms with van der Waals surface area (Å²) >= 11 is 0. The van der Waals surface area contributed by atoms with Gasteiger partial charge in [0.1, 0.15) is 0 Å². The van der Waals surface area contributed by atoms with Gasteiger partial charge in [-0.1, -0.05) is 17.3 Å². The zero-order valence-electron chi connectivity index (χ0n) is 8.77. The molecule has 0 spiro atoms. The van der Waals surface area contributed by atoms with Crippen LogP contribution in [0.2, 0.25) is 0 Å². The second kappa shape index (κ2) is 5.29. The van der Waals surface area contributed by atoms with Crippen molar-refractivity contribution < 1.29 is 14.0 Å². The molecular weight excluding hydrogens is 216 g/mol. The summed E-state index contributed by atoms with van der Waals surface area (Å²) < 4.78 is 24.3. The van der Waals surface area contributed by atoms with Crippen LogP contribution in [0.15, 0.2) is 29.4 Å². The lowest BCUT2D eigenvalue weighted by molar-refractivity contribution is 0.156. The molecule has 0 heterocycles. The molecule has 4 nitrogen and oxygen atoms in total. The molecule has 0 aliphatic rings. The van der Waals surface area contributed by atoms with E-state index < -0.39 is 6.43 Å². The number of oxime groups is 1. The van der Waals surface area contributed by atoms with Crippen molar-refractivity contribution in [1.29, 1.82) is 0 Å². The first-order valence-corrected chi connectivity index (χ1v) is 4.62. The average molecular weight is 229 g/mol. The van der Waals surface area contributed by atoms with Gasteiger partial charge >= 0.3 is 0 Å². The largest absolute Gasteiger partial charge is 0.409 e. The van der Waals surface area contributed by atoms with Gasteiger partial charge in [0, 0.05) is 18.3 Å². The molecule has 0 saturated carbocycles. The van der Waals surface area contributed by atoms with Crippen molar-refractivity contribution in [3.8, 4) is 0 Å². The van der Waals surface area contributed by atoms with E-state index in [0.29, 0.717) is 11.3 Å². The maximum atomic E-state index is 12.2. The standard InChI is InChI=1S/C10H13F2N3O/c1-15(6-9(11)12)8-4-2-3-7(5-8)10(13)14-16/h2-5,9,16H,6H2,1H3,(H2,13,14). The van der Waals surface area contributed by atoms with E-state index in [2.05, 4.69) is 5.16 Å². The number of rotatable bonds is 4. The first kappa shape index (κ1) is 12.2. The smallest absolute Gasteiger partial charge is 0.255 e. The van der Waals surface area contributed by atoms with Crippen LogP contribution >= 0.6 is 0 Å². The van der Waals surface area contributed by atoms with Crippen LogP contribution in [0, 0.1) is 0 Å². The summed E-state index contributed by atoms with van der Waals surface area (Å²) in [6, 6.07) is 6.55. The lowest BCUT2D eigenvalue weighted by atomic mass is 10.2. The molecule has 0 atom stereocenters. The van der Waals surface area contributed by atoms with Gasteiger partial charge in [0.05, 0.1) is 6.54 Å². The Balaban J connectivity index is 2.90. The molecule has 0 aromatic heterocycles. The minimum Gasteiger partial charge on any atom is -0.409 e. The summed E-state index contributed by atoms with van der Waals surface area (Å²) in [5.74, 6) is -0.0488. The van der Waals surface area contributed by atoms with Crippen LogP contribution < -0.4 is 10.6 Å². The fraction of sp³-hybridized carbons (Fsp3) is 0.300. The maximum absolute atomic E-state index is 12.2. The fourth-order valence-electron chi connectivity index (χ4n) is 1.27. The Labute approximate surface area is 92.0 Å². The minimum atomic E-state index is -2.41. The van der Waals surface area contributed by atoms with E-state index in [1.165, 1.54) is 4.90 Å². The third-order valence-corrected chi connectivity index (χ3v) is 2.10. The molecule has 0 fully saturated rings. The van der Waals surface area contributed by atoms with E-state index >= 15 is 0 Å². The van der Waals surface area contributed by atoms with Gasteiger partial charge in [-0.2, -0.15) is 0 Å². The van der Waals surface area contributed by atoms with Crippen molar-refractivity contribution in [2.24, 2.45) is 10.9 Å². The average Bonchev–Trinajstić information content (AvgIpc) is 2.27. The lowest BCUT2D eigenvalue weighted by Crippen LogP contribution is -2.24. The van der Waals surface area contributed by atoms with Crippen molar-refractivity contribution in [1.82, 2.24) is 0 Å². The van der Waals surface area contributed by atoms with Crippen molar-refractivity contribution in [2.75, 3.05) is 18.5 Å². The zero-order valence-corrected chi connectivity index (χ0v) is 8.77. The molecule has 0 bridgehead atoms. The van der Waals surface area contributed by atoms with Gasteiger partial charge in [-0.15, -0.1) is 0 Å². The van der Waals surface area contributed by atoms with Crippen LogP contribution in [0.1, 0.15) is 5.56 Å². The minimum absolute atomic E-state index is 0.0488. The Morgan fingerprint density at radius 3 is 2.81 bits per heavy atom. The number of benzene rings is 1. The summed E-state index contributed by atoms with van der Waals surface area (Å²) in [6.07, 6.45) is -2.41. The lowest BCUT2D eigenvalue weighted by Gasteiger charge is -2.19. The molecule has 88 valence electrons. The molecule has 0 radical (unpaired) electrons. The van der Waals surface area contributed by atoms with Crippen LogP contribution in [0.3, 0.4) is 0 Å². The highest BCUT2D eigenvalue weighted by atomic mass is 19.3. The molecule has 1 rings (SSSR count). The molecule has 0 unspecified atom stereocenters. The van der Waals surface area contributed by atoms with Crippen LogP contribution in [0.25, 0.3) is 0 Å². The third-order valence-electron chi connectivity index (χ3n) is 2.10. The molecule has 16 heavy (non-hydrogen) atoms. The number of anilines is 1. The first-order chi connectivity index (χ1) is 7.54. The Morgan fingerprint density at radius 1 is 1.56 bits per heavy atom. The van der Waals surface area contributed by atoms with E-state index in [4.69, 9.17) is 10.9 Å². The van der Waals surface area contributed by atoms with Gasteiger partial charge in [0.15, 0.2) is 5.84 Å². The second-order valence-electron chi connectivity index (χ2n) is 3.31. The first-order valence-electron chi connectivity index (χ1n) is 4.62. The number of nitrogens with two attached hydrogens (primary N) is 1. The van der Waals surface area contributed by atoms with E-state index in [9.17, 15) is 8.78 Å². The fourth-order valence-corrected chi connectivity index (χ4v) is 1.27. The zero-order chi connectivity index (χ0) is 12.1. The Kier molecular flexibility index (Phi) is 4.04. The topological polar surface area (TPSA) is 61.8 Å². The molecule has 3 N–H and O–H groups in total. The van der Waals surface area contributed by atoms with Gasteiger partial charge in [-0.25, -0.2) is 8.78 Å². The Morgan fingerprint density at radius 2 is 2.25 bits per heavy atom. The van der Waals surface area contributed by atoms with E-state index in [-0.39, 0.29) is 12.4 Å². The number of amidine groups is 1. The van der Waals surface area contributed by atoms with Crippen LogP contribution in [-0.4, -0.2) is 31.1 Å². The Bertz CT molecular complexity index is 382. The van der Waals surface area contributed by atoms with Crippen LogP contribution in [0.5, 0.6) is 0 Å². The van der Waals surface area contributed by atoms with Gasteiger partial charge in [-0.3, -0.25) is 0 Å². The van der Waals surface area contributed by atoms with E-state index in [0.717, 1.165) is 0 Å². The summed E-state index contributed by atoms with van der Waals surface area (Å²) in [5.41, 5.74) is 6.47. The number of hydrogen-bond donors (Lipinski definition) is 2. The number of nitrogens with zero attached hydrogens (tertiary/aromatic N) is 2. The Hall–Kier alpha value is -1.85. The van der Waals surface area contributed by atoms with Crippen molar-refractivity contribution in [2.45, 2.75) is 6.43 Å². The molecule has 0 aliphatic carbocycles. The molecule has 1 aromatic rings. The van der Waals surface area contributed by atoms with Crippen molar-refractivity contribution >= 4 is 11.5 Å². The highest BCUT2D eigenvalue weighted by molar-refractivity contribution is 5.97. The van der Waals surface area contributed by atoms with E-state index in [1.807, 2.05) is 0 Å². The molecule has 0 aliphatic heterocycles. The quantitative estimate of drug-likeness (QED) is 0.356. The molecule has 0 amide bonds. The summed E-state index contributed by atoms with van der Waals surface area (Å²) in [5, 5.41) is 11.3. The van der Waals surface area contributed by atoms with Gasteiger partial charge in [-0.05, 0) is 12.1 Å². The third kappa shape index (κ3) is 3.08. The molecule has 1 aromatic carbocycles.